The molecule has 0 aromatic carbocycles. The summed E-state index contributed by atoms with van der Waals surface area (Å²) in [5.74, 6) is 0. The Bertz CT molecular complexity index is 46.8. The van der Waals surface area contributed by atoms with Crippen LogP contribution in [0.1, 0.15) is 27.7 Å². The SMILES string of the molecule is C.C=CC.CCC[NH-].[NH2-].[V].[V].[V].[V].[V].[V].[V].[V].[V].[V].[V].[V]. The number of nitrogens with two attached hydrogens (primary N) is 1. The maximum Gasteiger partial charge on any atom is 0 e. The average Bonchev–Trinajstić information content (AvgIpc) is 1.69. The zero-order valence-electron chi connectivity index (χ0n) is 11.1. The van der Waals surface area contributed by atoms with E-state index >= 15 is 0 Å². The molecular formula is C7H20N2V12-2. The van der Waals surface area contributed by atoms with Crippen molar-refractivity contribution >= 4 is 0 Å². The maximum atomic E-state index is 6.45. The second kappa shape index (κ2) is 188. The molecule has 3 N–H and O–H groups in total. The second-order valence-corrected chi connectivity index (χ2v) is 1.16. The fraction of sp³-hybridized carbons (Fsp3) is 0.714. The Kier molecular flexibility index (Phi) is 1290. The first-order valence-corrected chi connectivity index (χ1v) is 2.55. The summed E-state index contributed by atoms with van der Waals surface area (Å²) in [7, 11) is 0. The molecule has 21 heavy (non-hydrogen) atoms. The van der Waals surface area contributed by atoms with Crippen molar-refractivity contribution in [1.82, 2.24) is 0 Å². The molecule has 0 spiro atoms. The normalized spacial score (nSPS) is 2.05. The smallest absolute Gasteiger partial charge is 0 e. The van der Waals surface area contributed by atoms with Crippen LogP contribution in [-0.2, 0) is 223 Å². The zero-order chi connectivity index (χ0) is 6.12. The first-order valence-electron chi connectivity index (χ1n) is 2.55. The molecular weight excluding hydrogens is 723 g/mol. The van der Waals surface area contributed by atoms with Crippen LogP contribution in [-0.4, -0.2) is 6.54 Å². The standard InChI is InChI=1S/C3H8N.C3H6.CH4.H2N.12V/c1-2-3-4;1-3-2;;;;;;;;;;;;;;/h4H,2-3H2,1H3;3H,1H2,2H3;1H4;1H2;;;;;;;;;;;;/q-1;;;-1;;;;;;;;;;;;. The van der Waals surface area contributed by atoms with Crippen LogP contribution in [0.3, 0.4) is 0 Å². The van der Waals surface area contributed by atoms with Gasteiger partial charge in [-0.1, -0.05) is 26.8 Å². The number of allylic oxidation sites excluding steroid dienone is 1. The topological polar surface area (TPSA) is 57.3 Å². The van der Waals surface area contributed by atoms with Crippen LogP contribution in [0.15, 0.2) is 12.7 Å². The van der Waals surface area contributed by atoms with E-state index in [4.69, 9.17) is 5.73 Å². The number of rotatable bonds is 1. The van der Waals surface area contributed by atoms with Crippen LogP contribution in [0.5, 0.6) is 0 Å². The molecule has 0 rings (SSSR count). The van der Waals surface area contributed by atoms with E-state index < -0.39 is 0 Å². The molecule has 0 atom stereocenters. The number of nitrogens with one attached hydrogen (secondary N) is 1. The first kappa shape index (κ1) is 144. The van der Waals surface area contributed by atoms with Crippen molar-refractivity contribution in [2.24, 2.45) is 0 Å². The molecule has 2 nitrogen and oxygen atoms in total. The molecule has 14 heteroatoms. The maximum absolute atomic E-state index is 6.45. The van der Waals surface area contributed by atoms with Crippen molar-refractivity contribution in [3.8, 4) is 0 Å². The van der Waals surface area contributed by atoms with E-state index in [1.54, 1.807) is 6.08 Å². The summed E-state index contributed by atoms with van der Waals surface area (Å²) in [5.41, 5.74) is 6.45. The van der Waals surface area contributed by atoms with Gasteiger partial charge in [-0.05, 0) is 6.92 Å². The van der Waals surface area contributed by atoms with Gasteiger partial charge < -0.3 is 11.9 Å². The largest absolute Gasteiger partial charge is 0.693 e. The van der Waals surface area contributed by atoms with Crippen LogP contribution >= 0.6 is 0 Å². The van der Waals surface area contributed by atoms with E-state index in [1.165, 1.54) is 0 Å². The monoisotopic (exact) mass is 743 g/mol. The van der Waals surface area contributed by atoms with E-state index in [-0.39, 0.29) is 236 Å². The summed E-state index contributed by atoms with van der Waals surface area (Å²) < 4.78 is 0. The molecule has 0 saturated carbocycles. The molecule has 0 unspecified atom stereocenters. The second-order valence-electron chi connectivity index (χ2n) is 1.16. The van der Waals surface area contributed by atoms with Crippen LogP contribution < -0.4 is 0 Å². The van der Waals surface area contributed by atoms with E-state index in [0.717, 1.165) is 6.42 Å². The van der Waals surface area contributed by atoms with Crippen molar-refractivity contribution in [3.05, 3.63) is 24.5 Å². The third-order valence-electron chi connectivity index (χ3n) is 0.250. The van der Waals surface area contributed by atoms with Gasteiger partial charge in [-0.3, -0.25) is 0 Å². The summed E-state index contributed by atoms with van der Waals surface area (Å²) in [4.78, 5) is 0. The summed E-state index contributed by atoms with van der Waals surface area (Å²) in [6.45, 7) is 7.81. The van der Waals surface area contributed by atoms with Crippen molar-refractivity contribution in [3.63, 3.8) is 0 Å². The van der Waals surface area contributed by atoms with E-state index in [1.807, 2.05) is 13.8 Å². The van der Waals surface area contributed by atoms with Gasteiger partial charge in [0.25, 0.3) is 0 Å². The van der Waals surface area contributed by atoms with Crippen molar-refractivity contribution < 1.29 is 223 Å². The first-order chi connectivity index (χ1) is 3.33. The number of hydrogen-bond acceptors (Lipinski definition) is 0. The van der Waals surface area contributed by atoms with Gasteiger partial charge in [0, 0.05) is 223 Å². The van der Waals surface area contributed by atoms with E-state index in [0.29, 0.717) is 6.54 Å². The Labute approximate surface area is 276 Å². The van der Waals surface area contributed by atoms with Gasteiger partial charge in [0.1, 0.15) is 0 Å². The van der Waals surface area contributed by atoms with Gasteiger partial charge >= 0.3 is 0 Å². The van der Waals surface area contributed by atoms with Gasteiger partial charge in [0.05, 0.1) is 0 Å². The minimum atomic E-state index is 0. The van der Waals surface area contributed by atoms with Gasteiger partial charge in [0.2, 0.25) is 0 Å². The number of hydrogen-bond donors (Lipinski definition) is 0. The molecule has 0 aliphatic rings. The van der Waals surface area contributed by atoms with Crippen LogP contribution in [0.2, 0.25) is 0 Å². The fourth-order valence-electron chi connectivity index (χ4n) is 0. The van der Waals surface area contributed by atoms with Crippen LogP contribution in [0.25, 0.3) is 11.9 Å². The van der Waals surface area contributed by atoms with Crippen LogP contribution in [0, 0.1) is 0 Å². The minimum absolute atomic E-state index is 0. The molecule has 0 aromatic rings. The average molecular weight is 744 g/mol. The third-order valence-corrected chi connectivity index (χ3v) is 0.250. The molecule has 0 heterocycles. The Morgan fingerprint density at radius 1 is 0.714 bits per heavy atom. The molecule has 0 saturated heterocycles. The molecule has 0 amide bonds. The Hall–Kier alpha value is 6.67. The molecule has 0 aliphatic carbocycles. The van der Waals surface area contributed by atoms with Crippen LogP contribution in [0.4, 0.5) is 0 Å². The summed E-state index contributed by atoms with van der Waals surface area (Å²) >= 11 is 0. The minimum Gasteiger partial charge on any atom is -0.693 e. The summed E-state index contributed by atoms with van der Waals surface area (Å²) in [6, 6.07) is 0. The third kappa shape index (κ3) is 276. The Morgan fingerprint density at radius 2 is 0.762 bits per heavy atom. The molecule has 12 radical (unpaired) electrons. The molecule has 0 aliphatic heterocycles. The molecule has 0 bridgehead atoms. The van der Waals surface area contributed by atoms with Gasteiger partial charge in [-0.15, -0.1) is 6.58 Å². The van der Waals surface area contributed by atoms with E-state index in [2.05, 4.69) is 6.58 Å². The van der Waals surface area contributed by atoms with Crippen molar-refractivity contribution in [1.29, 1.82) is 0 Å². The molecule has 0 fully saturated rings. The van der Waals surface area contributed by atoms with Gasteiger partial charge in [-0.2, -0.15) is 6.54 Å². The van der Waals surface area contributed by atoms with E-state index in [9.17, 15) is 0 Å². The predicted molar refractivity (Wildman–Crippen MR) is 47.4 cm³/mol. The van der Waals surface area contributed by atoms with Gasteiger partial charge in [0.15, 0.2) is 0 Å². The fourth-order valence-corrected chi connectivity index (χ4v) is 0. The molecule has 0 aromatic heterocycles. The quantitative estimate of drug-likeness (QED) is 0.366. The summed E-state index contributed by atoms with van der Waals surface area (Å²) in [5, 5.41) is 0. The Balaban J connectivity index is -0.00000000103. The van der Waals surface area contributed by atoms with Crippen molar-refractivity contribution in [2.45, 2.75) is 27.7 Å². The predicted octanol–water partition coefficient (Wildman–Crippen LogP) is 3.96. The summed E-state index contributed by atoms with van der Waals surface area (Å²) in [6.07, 6.45) is 2.74. The van der Waals surface area contributed by atoms with Crippen molar-refractivity contribution in [2.75, 3.05) is 6.54 Å². The Morgan fingerprint density at radius 3 is 0.762 bits per heavy atom. The molecule has 120 valence electrons. The zero-order valence-corrected chi connectivity index (χ0v) is 27.9. The van der Waals surface area contributed by atoms with Gasteiger partial charge in [-0.25, -0.2) is 0 Å².